The van der Waals surface area contributed by atoms with E-state index in [0.29, 0.717) is 5.39 Å². The van der Waals surface area contributed by atoms with Gasteiger partial charge in [0.15, 0.2) is 17.2 Å². The molecule has 0 saturated heterocycles. The van der Waals surface area contributed by atoms with Gasteiger partial charge >= 0.3 is 0 Å². The summed E-state index contributed by atoms with van der Waals surface area (Å²) >= 11 is 4.78. The molecule has 1 heterocycles. The monoisotopic (exact) mass is 364 g/mol. The minimum Gasteiger partial charge on any atom is -0.450 e. The van der Waals surface area contributed by atoms with Crippen molar-refractivity contribution in [1.82, 2.24) is 0 Å². The summed E-state index contributed by atoms with van der Waals surface area (Å²) in [6.07, 6.45) is 0. The van der Waals surface area contributed by atoms with E-state index < -0.39 is 5.82 Å². The Labute approximate surface area is 133 Å². The van der Waals surface area contributed by atoms with Crippen LogP contribution >= 0.6 is 27.7 Å². The van der Waals surface area contributed by atoms with Crippen LogP contribution in [0, 0.1) is 5.82 Å². The van der Waals surface area contributed by atoms with Gasteiger partial charge in [0.2, 0.25) is 5.78 Å². The van der Waals surface area contributed by atoms with Gasteiger partial charge in [-0.3, -0.25) is 4.79 Å². The number of carbonyl (C=O) groups excluding carboxylic acids is 1. The van der Waals surface area contributed by atoms with Crippen molar-refractivity contribution >= 4 is 44.4 Å². The number of fused-ring (bicyclic) bond motifs is 1. The highest BCUT2D eigenvalue weighted by Crippen LogP contribution is 2.25. The van der Waals surface area contributed by atoms with Gasteiger partial charge in [0.25, 0.3) is 0 Å². The fourth-order valence-corrected chi connectivity index (χ4v) is 2.95. The van der Waals surface area contributed by atoms with E-state index in [1.54, 1.807) is 18.2 Å². The number of para-hydroxylation sites is 1. The lowest BCUT2D eigenvalue weighted by molar-refractivity contribution is 0.0994. The molecule has 0 fully saturated rings. The zero-order valence-electron chi connectivity index (χ0n) is 10.8. The lowest BCUT2D eigenvalue weighted by Crippen LogP contribution is -2.00. The molecule has 0 atom stereocenters. The van der Waals surface area contributed by atoms with Gasteiger partial charge in [-0.2, -0.15) is 0 Å². The number of hydrogen-bond acceptors (Lipinski definition) is 3. The molecule has 0 unspecified atom stereocenters. The molecule has 2 nitrogen and oxygen atoms in total. The molecule has 0 aliphatic carbocycles. The number of furan rings is 1. The number of halogens is 2. The fraction of sp³-hybridized carbons (Fsp3) is 0.0625. The maximum absolute atomic E-state index is 13.5. The second kappa shape index (κ2) is 6.03. The van der Waals surface area contributed by atoms with Gasteiger partial charge in [-0.25, -0.2) is 4.39 Å². The predicted molar refractivity (Wildman–Crippen MR) is 85.4 cm³/mol. The van der Waals surface area contributed by atoms with Crippen molar-refractivity contribution in [2.75, 3.05) is 5.75 Å². The van der Waals surface area contributed by atoms with Gasteiger partial charge in [-0.15, -0.1) is 11.8 Å². The average molecular weight is 365 g/mol. The summed E-state index contributed by atoms with van der Waals surface area (Å²) in [6.45, 7) is 0. The van der Waals surface area contributed by atoms with Crippen LogP contribution in [0.3, 0.4) is 0 Å². The SMILES string of the molecule is O=C(CSc1ccc(Br)cc1)c1cc2cccc(F)c2o1. The molecule has 0 spiro atoms. The van der Waals surface area contributed by atoms with Crippen LogP contribution in [0.4, 0.5) is 4.39 Å². The minimum atomic E-state index is -0.452. The number of benzene rings is 2. The van der Waals surface area contributed by atoms with E-state index in [2.05, 4.69) is 15.9 Å². The second-order valence-corrected chi connectivity index (χ2v) is 6.40. The Bertz CT molecular complexity index is 796. The van der Waals surface area contributed by atoms with Crippen molar-refractivity contribution in [2.24, 2.45) is 0 Å². The summed E-state index contributed by atoms with van der Waals surface area (Å²) < 4.78 is 19.9. The third-order valence-corrected chi connectivity index (χ3v) is 4.50. The van der Waals surface area contributed by atoms with Crippen molar-refractivity contribution < 1.29 is 13.6 Å². The van der Waals surface area contributed by atoms with Crippen LogP contribution in [0.2, 0.25) is 0 Å². The number of Topliss-reactive ketones (excluding diaryl/α,β-unsaturated/α-hetero) is 1. The normalized spacial score (nSPS) is 11.0. The molecule has 0 aliphatic rings. The van der Waals surface area contributed by atoms with Gasteiger partial charge in [0, 0.05) is 14.8 Å². The van der Waals surface area contributed by atoms with Gasteiger partial charge in [0.05, 0.1) is 5.75 Å². The molecule has 0 radical (unpaired) electrons. The van der Waals surface area contributed by atoms with E-state index in [9.17, 15) is 9.18 Å². The van der Waals surface area contributed by atoms with Crippen molar-refractivity contribution in [3.05, 3.63) is 64.6 Å². The van der Waals surface area contributed by atoms with Crippen LogP contribution in [-0.4, -0.2) is 11.5 Å². The molecule has 3 aromatic rings. The number of carbonyl (C=O) groups is 1. The molecule has 3 rings (SSSR count). The Kier molecular flexibility index (Phi) is 4.12. The van der Waals surface area contributed by atoms with Crippen LogP contribution in [0.1, 0.15) is 10.6 Å². The third-order valence-electron chi connectivity index (χ3n) is 2.95. The molecular formula is C16H10BrFO2S. The van der Waals surface area contributed by atoms with Crippen molar-refractivity contribution in [3.8, 4) is 0 Å². The molecule has 0 amide bonds. The summed E-state index contributed by atoms with van der Waals surface area (Å²) in [5, 5.41) is 0.604. The first-order valence-electron chi connectivity index (χ1n) is 6.23. The summed E-state index contributed by atoms with van der Waals surface area (Å²) in [7, 11) is 0. The standard InChI is InChI=1S/C16H10BrFO2S/c17-11-4-6-12(7-5-11)21-9-14(19)15-8-10-2-1-3-13(18)16(10)20-15/h1-8H,9H2. The maximum Gasteiger partial charge on any atom is 0.208 e. The minimum absolute atomic E-state index is 0.134. The number of ketones is 1. The Morgan fingerprint density at radius 2 is 1.95 bits per heavy atom. The lowest BCUT2D eigenvalue weighted by atomic mass is 10.2. The molecule has 0 saturated carbocycles. The van der Waals surface area contributed by atoms with Gasteiger partial charge in [-0.1, -0.05) is 28.1 Å². The second-order valence-electron chi connectivity index (χ2n) is 4.43. The highest BCUT2D eigenvalue weighted by molar-refractivity contribution is 9.10. The van der Waals surface area contributed by atoms with Crippen LogP contribution in [-0.2, 0) is 0 Å². The Morgan fingerprint density at radius 3 is 2.67 bits per heavy atom. The van der Waals surface area contributed by atoms with Gasteiger partial charge in [0.1, 0.15) is 0 Å². The Balaban J connectivity index is 1.75. The first-order chi connectivity index (χ1) is 10.1. The molecule has 5 heteroatoms. The lowest BCUT2D eigenvalue weighted by Gasteiger charge is -1.99. The number of hydrogen-bond donors (Lipinski definition) is 0. The van der Waals surface area contributed by atoms with E-state index in [4.69, 9.17) is 4.42 Å². The number of rotatable bonds is 4. The van der Waals surface area contributed by atoms with E-state index in [-0.39, 0.29) is 22.9 Å². The Morgan fingerprint density at radius 1 is 1.19 bits per heavy atom. The molecular weight excluding hydrogens is 355 g/mol. The first kappa shape index (κ1) is 14.4. The van der Waals surface area contributed by atoms with Crippen molar-refractivity contribution in [2.45, 2.75) is 4.90 Å². The summed E-state index contributed by atoms with van der Waals surface area (Å²) in [5.74, 6) is -0.159. The largest absolute Gasteiger partial charge is 0.450 e. The van der Waals surface area contributed by atoms with Gasteiger partial charge < -0.3 is 4.42 Å². The predicted octanol–water partition coefficient (Wildman–Crippen LogP) is 5.31. The topological polar surface area (TPSA) is 30.2 Å². The molecule has 106 valence electrons. The Hall–Kier alpha value is -1.59. The van der Waals surface area contributed by atoms with Gasteiger partial charge in [-0.05, 0) is 36.4 Å². The summed E-state index contributed by atoms with van der Waals surface area (Å²) in [6, 6.07) is 13.9. The maximum atomic E-state index is 13.5. The molecule has 0 bridgehead atoms. The molecule has 21 heavy (non-hydrogen) atoms. The third kappa shape index (κ3) is 3.19. The molecule has 0 aliphatic heterocycles. The van der Waals surface area contributed by atoms with Crippen LogP contribution in [0.5, 0.6) is 0 Å². The van der Waals surface area contributed by atoms with Crippen LogP contribution < -0.4 is 0 Å². The summed E-state index contributed by atoms with van der Waals surface area (Å²) in [5.41, 5.74) is 0.134. The fourth-order valence-electron chi connectivity index (χ4n) is 1.92. The molecule has 2 aromatic carbocycles. The van der Waals surface area contributed by atoms with E-state index >= 15 is 0 Å². The zero-order chi connectivity index (χ0) is 14.8. The molecule has 0 N–H and O–H groups in total. The number of thioether (sulfide) groups is 1. The van der Waals surface area contributed by atoms with E-state index in [0.717, 1.165) is 9.37 Å². The quantitative estimate of drug-likeness (QED) is 0.464. The smallest absolute Gasteiger partial charge is 0.208 e. The summed E-state index contributed by atoms with van der Waals surface area (Å²) in [4.78, 5) is 13.1. The zero-order valence-corrected chi connectivity index (χ0v) is 13.2. The molecule has 1 aromatic heterocycles. The highest BCUT2D eigenvalue weighted by atomic mass is 79.9. The van der Waals surface area contributed by atoms with Crippen molar-refractivity contribution in [1.29, 1.82) is 0 Å². The van der Waals surface area contributed by atoms with E-state index in [1.165, 1.54) is 17.8 Å². The average Bonchev–Trinajstić information content (AvgIpc) is 2.92. The van der Waals surface area contributed by atoms with Crippen LogP contribution in [0.15, 0.2) is 62.3 Å². The van der Waals surface area contributed by atoms with Crippen molar-refractivity contribution in [3.63, 3.8) is 0 Å². The van der Waals surface area contributed by atoms with E-state index in [1.807, 2.05) is 24.3 Å². The first-order valence-corrected chi connectivity index (χ1v) is 8.01. The highest BCUT2D eigenvalue weighted by Gasteiger charge is 2.14. The van der Waals surface area contributed by atoms with Crippen LogP contribution in [0.25, 0.3) is 11.0 Å².